The molecular weight excluding hydrogens is 194 g/mol. The number of carbonyl (C=O) groups is 1. The van der Waals surface area contributed by atoms with E-state index in [1.807, 2.05) is 0 Å². The van der Waals surface area contributed by atoms with Gasteiger partial charge >= 0.3 is 6.16 Å². The van der Waals surface area contributed by atoms with Crippen LogP contribution in [-0.4, -0.2) is 76.0 Å². The molecule has 0 aromatic heterocycles. The normalized spacial score (nSPS) is 9.43. The largest absolute Gasteiger partial charge is 0.503 e. The Hall–Kier alpha value is -0.890. The van der Waals surface area contributed by atoms with Gasteiger partial charge in [0.1, 0.15) is 0 Å². The number of hydrogen-bond donors (Lipinski definition) is 5. The highest BCUT2D eigenvalue weighted by atomic mass is 16.6. The van der Waals surface area contributed by atoms with E-state index in [0.717, 1.165) is 0 Å². The smallest absolute Gasteiger partial charge is 0.450 e. The van der Waals surface area contributed by atoms with Crippen molar-refractivity contribution in [3.8, 4) is 0 Å². The quantitative estimate of drug-likeness (QED) is 0.362. The van der Waals surface area contributed by atoms with E-state index in [-0.39, 0.29) is 19.8 Å². The Balaban J connectivity index is 0. The lowest BCUT2D eigenvalue weighted by atomic mass is 10.4. The fraction of sp³-hybridized carbons (Fsp3) is 0.857. The molecule has 7 heteroatoms. The molecule has 0 rings (SSSR count). The van der Waals surface area contributed by atoms with Gasteiger partial charge in [0.05, 0.1) is 19.8 Å². The van der Waals surface area contributed by atoms with Crippen molar-refractivity contribution >= 4 is 6.16 Å². The topological polar surface area (TPSA) is 121 Å². The van der Waals surface area contributed by atoms with Gasteiger partial charge in [0.15, 0.2) is 0 Å². The van der Waals surface area contributed by atoms with Gasteiger partial charge in [-0.15, -0.1) is 0 Å². The molecule has 86 valence electrons. The summed E-state index contributed by atoms with van der Waals surface area (Å²) in [6, 6.07) is 0. The SMILES string of the molecule is O=C(O)O.OCCN(CCO)CCO. The monoisotopic (exact) mass is 211 g/mol. The number of nitrogens with zero attached hydrogens (tertiary/aromatic N) is 1. The second-order valence-electron chi connectivity index (χ2n) is 2.30. The van der Waals surface area contributed by atoms with Crippen molar-refractivity contribution in [2.24, 2.45) is 0 Å². The van der Waals surface area contributed by atoms with E-state index in [1.165, 1.54) is 0 Å². The first kappa shape index (κ1) is 15.6. The number of carboxylic acid groups (broad SMARTS) is 2. The van der Waals surface area contributed by atoms with Crippen molar-refractivity contribution in [1.29, 1.82) is 0 Å². The van der Waals surface area contributed by atoms with Gasteiger partial charge in [-0.25, -0.2) is 4.79 Å². The molecule has 0 heterocycles. The maximum atomic E-state index is 8.56. The molecule has 0 spiro atoms. The molecule has 7 nitrogen and oxygen atoms in total. The molecule has 14 heavy (non-hydrogen) atoms. The molecule has 0 saturated heterocycles. The fourth-order valence-electron chi connectivity index (χ4n) is 0.760. The Morgan fingerprint density at radius 3 is 1.21 bits per heavy atom. The summed E-state index contributed by atoms with van der Waals surface area (Å²) in [5.74, 6) is 0. The minimum Gasteiger partial charge on any atom is -0.450 e. The molecule has 0 aliphatic rings. The maximum absolute atomic E-state index is 8.56. The van der Waals surface area contributed by atoms with E-state index in [4.69, 9.17) is 30.3 Å². The summed E-state index contributed by atoms with van der Waals surface area (Å²) in [6.45, 7) is 1.75. The van der Waals surface area contributed by atoms with Crippen LogP contribution in [0.1, 0.15) is 0 Å². The van der Waals surface area contributed by atoms with Crippen LogP contribution in [0.15, 0.2) is 0 Å². The van der Waals surface area contributed by atoms with Gasteiger partial charge in [0.2, 0.25) is 0 Å². The van der Waals surface area contributed by atoms with E-state index < -0.39 is 6.16 Å². The zero-order valence-electron chi connectivity index (χ0n) is 7.83. The Kier molecular flexibility index (Phi) is 13.5. The molecule has 5 N–H and O–H groups in total. The van der Waals surface area contributed by atoms with Crippen LogP contribution in [0.4, 0.5) is 4.79 Å². The van der Waals surface area contributed by atoms with Crippen molar-refractivity contribution in [3.63, 3.8) is 0 Å². The van der Waals surface area contributed by atoms with Gasteiger partial charge in [-0.1, -0.05) is 0 Å². The average molecular weight is 211 g/mol. The summed E-state index contributed by atoms with van der Waals surface area (Å²) >= 11 is 0. The Morgan fingerprint density at radius 1 is 0.857 bits per heavy atom. The van der Waals surface area contributed by atoms with Crippen molar-refractivity contribution in [2.75, 3.05) is 39.5 Å². The maximum Gasteiger partial charge on any atom is 0.503 e. The second kappa shape index (κ2) is 12.1. The zero-order chi connectivity index (χ0) is 11.4. The van der Waals surface area contributed by atoms with Crippen LogP contribution in [-0.2, 0) is 0 Å². The molecule has 0 atom stereocenters. The van der Waals surface area contributed by atoms with Crippen molar-refractivity contribution < 1.29 is 30.3 Å². The van der Waals surface area contributed by atoms with E-state index >= 15 is 0 Å². The number of hydrogen-bond acceptors (Lipinski definition) is 5. The van der Waals surface area contributed by atoms with Crippen molar-refractivity contribution in [3.05, 3.63) is 0 Å². The van der Waals surface area contributed by atoms with Gasteiger partial charge in [-0.3, -0.25) is 4.90 Å². The summed E-state index contributed by atoms with van der Waals surface area (Å²) in [7, 11) is 0. The molecule has 0 saturated carbocycles. The van der Waals surface area contributed by atoms with E-state index in [9.17, 15) is 0 Å². The molecular formula is C7H17NO6. The minimum absolute atomic E-state index is 0.0694. The Morgan fingerprint density at radius 2 is 1.07 bits per heavy atom. The predicted molar refractivity (Wildman–Crippen MR) is 48.4 cm³/mol. The van der Waals surface area contributed by atoms with Crippen molar-refractivity contribution in [2.45, 2.75) is 0 Å². The van der Waals surface area contributed by atoms with Crippen LogP contribution in [0, 0.1) is 0 Å². The number of aliphatic hydroxyl groups excluding tert-OH is 3. The lowest BCUT2D eigenvalue weighted by Gasteiger charge is -2.17. The summed E-state index contributed by atoms with van der Waals surface area (Å²) in [5.41, 5.74) is 0. The third-order valence-corrected chi connectivity index (χ3v) is 1.25. The Labute approximate surface area is 81.8 Å². The average Bonchev–Trinajstić information content (AvgIpc) is 2.04. The van der Waals surface area contributed by atoms with Gasteiger partial charge in [0, 0.05) is 19.6 Å². The van der Waals surface area contributed by atoms with Crippen LogP contribution >= 0.6 is 0 Å². The van der Waals surface area contributed by atoms with E-state index in [0.29, 0.717) is 19.6 Å². The van der Waals surface area contributed by atoms with E-state index in [1.54, 1.807) is 4.90 Å². The highest BCUT2D eigenvalue weighted by Crippen LogP contribution is 1.84. The third kappa shape index (κ3) is 17.3. The van der Waals surface area contributed by atoms with Gasteiger partial charge < -0.3 is 25.5 Å². The molecule has 0 amide bonds. The second-order valence-corrected chi connectivity index (χ2v) is 2.30. The summed E-state index contributed by atoms with van der Waals surface area (Å²) in [6.07, 6.45) is -1.83. The van der Waals surface area contributed by atoms with Crippen LogP contribution in [0.3, 0.4) is 0 Å². The lowest BCUT2D eigenvalue weighted by molar-refractivity contribution is 0.135. The van der Waals surface area contributed by atoms with Crippen LogP contribution in [0.2, 0.25) is 0 Å². The van der Waals surface area contributed by atoms with Gasteiger partial charge in [0.25, 0.3) is 0 Å². The number of rotatable bonds is 6. The first-order valence-corrected chi connectivity index (χ1v) is 4.05. The predicted octanol–water partition coefficient (Wildman–Crippen LogP) is -1.51. The molecule has 0 aromatic carbocycles. The molecule has 0 bridgehead atoms. The molecule has 0 aromatic rings. The summed E-state index contributed by atoms with van der Waals surface area (Å²) in [4.78, 5) is 10.3. The summed E-state index contributed by atoms with van der Waals surface area (Å²) < 4.78 is 0. The lowest BCUT2D eigenvalue weighted by Crippen LogP contribution is -2.32. The first-order valence-electron chi connectivity index (χ1n) is 4.05. The zero-order valence-corrected chi connectivity index (χ0v) is 7.83. The molecule has 0 unspecified atom stereocenters. The summed E-state index contributed by atoms with van der Waals surface area (Å²) in [5, 5.41) is 39.4. The Bertz CT molecular complexity index is 113. The number of aliphatic hydroxyl groups is 3. The highest BCUT2D eigenvalue weighted by Gasteiger charge is 2.00. The van der Waals surface area contributed by atoms with E-state index in [2.05, 4.69) is 0 Å². The highest BCUT2D eigenvalue weighted by molar-refractivity contribution is 5.53. The standard InChI is InChI=1S/C6H15NO3.CH2O3/c8-4-1-7(2-5-9)3-6-10;2-1(3)4/h8-10H,1-6H2;(H2,2,3,4). The van der Waals surface area contributed by atoms with Crippen LogP contribution in [0.25, 0.3) is 0 Å². The van der Waals surface area contributed by atoms with Crippen LogP contribution in [0.5, 0.6) is 0 Å². The third-order valence-electron chi connectivity index (χ3n) is 1.25. The molecule has 0 radical (unpaired) electrons. The van der Waals surface area contributed by atoms with Gasteiger partial charge in [-0.2, -0.15) is 0 Å². The van der Waals surface area contributed by atoms with Crippen molar-refractivity contribution in [1.82, 2.24) is 4.90 Å². The molecule has 0 aliphatic carbocycles. The van der Waals surface area contributed by atoms with Crippen LogP contribution < -0.4 is 0 Å². The fourth-order valence-corrected chi connectivity index (χ4v) is 0.760. The molecule has 0 aliphatic heterocycles. The first-order chi connectivity index (χ1) is 6.58. The minimum atomic E-state index is -1.83. The molecule has 0 fully saturated rings. The van der Waals surface area contributed by atoms with Gasteiger partial charge in [-0.05, 0) is 0 Å².